The molecule has 6 amide bonds. The van der Waals surface area contributed by atoms with Gasteiger partial charge in [0.05, 0.1) is 65.6 Å². The van der Waals surface area contributed by atoms with Gasteiger partial charge in [-0.25, -0.2) is 0 Å². The smallest absolute Gasteiger partial charge is 0.217 e. The van der Waals surface area contributed by atoms with E-state index in [-0.39, 0.29) is 0 Å². The fourth-order valence-corrected chi connectivity index (χ4v) is 16.6. The molecule has 10 aliphatic heterocycles. The number of carbonyl (C=O) groups excluding carboxylic acids is 6. The third-order valence-electron chi connectivity index (χ3n) is 23.2. The summed E-state index contributed by atoms with van der Waals surface area (Å²) >= 11 is 0. The van der Waals surface area contributed by atoms with E-state index in [0.29, 0.717) is 0 Å². The molecule has 0 aliphatic carbocycles. The zero-order chi connectivity index (χ0) is 94.4. The summed E-state index contributed by atoms with van der Waals surface area (Å²) in [5.74, 6) is -5.41. The highest BCUT2D eigenvalue weighted by Crippen LogP contribution is 2.41. The van der Waals surface area contributed by atoms with Gasteiger partial charge in [0, 0.05) is 41.5 Å². The minimum Gasteiger partial charge on any atom is -0.394 e. The van der Waals surface area contributed by atoms with E-state index in [1.165, 1.54) is 6.92 Å². The fourth-order valence-electron chi connectivity index (χ4n) is 16.6. The standard InChI is InChI=1S/C72H120N6O50/c1-17-39(92)51(104)54(107)69(112-17)110-16-32-59(47(100)33(63(109)113-32)73-18(2)86)124-66-36(76-21(5)89)50(103)58(30(14-85)118-66)125-70-55(108)60(126-72-62(53(106)43(96)27(11-82)117-72)128-68-38(78-23(7)91)49(102)57(29(13-84)120-68)123-65-35(75-20(4)88)46(99)41(94)25(9-80)115-65)44(97)31(121-70)15-111-71-61(52(105)42(95)26(10-81)116-71)127-67-37(77-22(6)90)48(101)56(28(12-83)119-67)122-64-34(74-19(3)87)45(98)40(93)24(8-79)114-64/h17,24-72,79-85,92-109H,8-16H2,1-7H3,(H,73,86)(H,74,87)(H,75,88)(H,76,89)(H,77,90)(H,78,91)/t17-,24+,25+,26+,27+,28+,29+,30+,31+,32+,33+,34+,35+,36+,37+,38+,39+,40+,41+,42+,43+,44+,45+,46+,47+,48+,49+,50+,51+,52-,53-,54-,55-,56+,57+,58+,59+,60-,61-,62-,63?,64-,65-,66-,67-,68-,69+,70-,71-,72+/m0/s1. The van der Waals surface area contributed by atoms with Crippen LogP contribution >= 0.6 is 0 Å². The summed E-state index contributed by atoms with van der Waals surface area (Å²) in [6.07, 6.45) is -90.9. The molecule has 50 atom stereocenters. The highest BCUT2D eigenvalue weighted by molar-refractivity contribution is 5.75. The molecule has 0 radical (unpaired) electrons. The van der Waals surface area contributed by atoms with Gasteiger partial charge >= 0.3 is 0 Å². The van der Waals surface area contributed by atoms with E-state index in [9.17, 15) is 156 Å². The summed E-state index contributed by atoms with van der Waals surface area (Å²) < 4.78 is 114. The zero-order valence-electron chi connectivity index (χ0n) is 69.6. The molecule has 0 spiro atoms. The summed E-state index contributed by atoms with van der Waals surface area (Å²) in [7, 11) is 0. The monoisotopic (exact) mass is 1870 g/mol. The summed E-state index contributed by atoms with van der Waals surface area (Å²) in [6.45, 7) is -2.88. The Hall–Kier alpha value is -4.94. The van der Waals surface area contributed by atoms with Gasteiger partial charge in [0.2, 0.25) is 35.4 Å². The van der Waals surface area contributed by atoms with E-state index in [1.807, 2.05) is 0 Å². The van der Waals surface area contributed by atoms with Crippen molar-refractivity contribution in [3.05, 3.63) is 0 Å². The van der Waals surface area contributed by atoms with E-state index in [4.69, 9.17) is 90.0 Å². The molecule has 10 rings (SSSR count). The van der Waals surface area contributed by atoms with E-state index in [2.05, 4.69) is 31.9 Å². The lowest BCUT2D eigenvalue weighted by Gasteiger charge is -2.51. The average molecular weight is 1870 g/mol. The number of ether oxygens (including phenoxy) is 19. The SMILES string of the molecule is CC(=O)N[C@H]1[C@H](O[C@H]2[C@H](O)[C@@H](NC(C)=O)C(O)O[C@@H]2CO[C@@H]2O[C@@H](C)[C@@H](O)[C@@H](O)[C@@H]2O)O[C@H](CO)[C@@H](O[C@@H]2O[C@H](CO[C@H]3O[C@H](CO)[C@@H](O)[C@H](O)[C@@H]3O[C@@H]3O[C@H](CO)[C@@H](O[C@@H]4O[C@H](CO)[C@@H](O)[C@H](O)[C@H]4NC(C)=O)[C@H](O)[C@H]3NC(C)=O)[C@@H](O)[C@H](O[C@H]3O[C@H](CO)[C@@H](O)[C@H](O)[C@@H]3O[C@@H]3O[C@H](CO)[C@@H](O[C@@H]4O[C@H](CO)[C@@H](O)[C@H](O)[C@H]4NC(C)=O)[C@H](O)[C@H]3NC(C)=O)[C@@H]2O)[C@@H]1O. The fraction of sp³-hybridized carbons (Fsp3) is 0.917. The lowest BCUT2D eigenvalue weighted by atomic mass is 9.93. The van der Waals surface area contributed by atoms with Crippen molar-refractivity contribution in [1.29, 1.82) is 0 Å². The molecular weight excluding hydrogens is 1750 g/mol. The van der Waals surface area contributed by atoms with Crippen molar-refractivity contribution in [2.75, 3.05) is 59.5 Å². The van der Waals surface area contributed by atoms with Crippen molar-refractivity contribution >= 4 is 35.4 Å². The van der Waals surface area contributed by atoms with Gasteiger partial charge in [0.1, 0.15) is 238 Å². The lowest BCUT2D eigenvalue weighted by molar-refractivity contribution is -0.398. The van der Waals surface area contributed by atoms with Crippen molar-refractivity contribution in [2.45, 2.75) is 355 Å². The Bertz CT molecular complexity index is 3550. The van der Waals surface area contributed by atoms with Crippen LogP contribution in [0.4, 0.5) is 0 Å². The van der Waals surface area contributed by atoms with Gasteiger partial charge in [-0.05, 0) is 6.92 Å². The number of nitrogens with one attached hydrogen (secondary N) is 6. The largest absolute Gasteiger partial charge is 0.394 e. The first kappa shape index (κ1) is 105. The molecule has 1 unspecified atom stereocenters. The van der Waals surface area contributed by atoms with E-state index in [0.717, 1.165) is 41.5 Å². The van der Waals surface area contributed by atoms with Crippen LogP contribution in [-0.2, 0) is 119 Å². The number of hydrogen-bond donors (Lipinski definition) is 31. The van der Waals surface area contributed by atoms with Crippen molar-refractivity contribution in [3.63, 3.8) is 0 Å². The molecule has 738 valence electrons. The van der Waals surface area contributed by atoms with E-state index in [1.54, 1.807) is 0 Å². The van der Waals surface area contributed by atoms with Gasteiger partial charge in [-0.15, -0.1) is 0 Å². The second kappa shape index (κ2) is 46.1. The molecule has 0 aromatic rings. The molecule has 56 heteroatoms. The molecule has 56 nitrogen and oxygen atoms in total. The molecule has 31 N–H and O–H groups in total. The average Bonchev–Trinajstić information content (AvgIpc) is 0.763. The number of amides is 6. The van der Waals surface area contributed by atoms with Crippen LogP contribution in [0.1, 0.15) is 48.5 Å². The first-order valence-electron chi connectivity index (χ1n) is 41.0. The Labute approximate surface area is 726 Å². The number of carbonyl (C=O) groups is 6. The van der Waals surface area contributed by atoms with Crippen LogP contribution in [0.25, 0.3) is 0 Å². The second-order valence-electron chi connectivity index (χ2n) is 32.5. The molecular formula is C72H120N6O50. The molecule has 0 aromatic carbocycles. The quantitative estimate of drug-likeness (QED) is 0.0290. The predicted octanol–water partition coefficient (Wildman–Crippen LogP) is -20.9. The van der Waals surface area contributed by atoms with E-state index >= 15 is 0 Å². The van der Waals surface area contributed by atoms with Gasteiger partial charge in [-0.1, -0.05) is 0 Å². The van der Waals surface area contributed by atoms with Crippen molar-refractivity contribution in [3.8, 4) is 0 Å². The Morgan fingerprint density at radius 1 is 0.219 bits per heavy atom. The van der Waals surface area contributed by atoms with Crippen LogP contribution in [0.2, 0.25) is 0 Å². The maximum absolute atomic E-state index is 13.3. The molecule has 10 fully saturated rings. The normalized spacial score (nSPS) is 47.8. The van der Waals surface area contributed by atoms with Crippen LogP contribution in [-0.4, -0.2) is 529 Å². The summed E-state index contributed by atoms with van der Waals surface area (Å²) in [4.78, 5) is 76.8. The second-order valence-corrected chi connectivity index (χ2v) is 32.5. The maximum Gasteiger partial charge on any atom is 0.217 e. The van der Waals surface area contributed by atoms with Gasteiger partial charge in [-0.2, -0.15) is 0 Å². The highest BCUT2D eigenvalue weighted by atomic mass is 16.8. The topological polar surface area (TPSA) is 856 Å². The van der Waals surface area contributed by atoms with Gasteiger partial charge in [-0.3, -0.25) is 28.8 Å². The zero-order valence-corrected chi connectivity index (χ0v) is 69.6. The maximum atomic E-state index is 13.3. The number of rotatable bonds is 33. The Morgan fingerprint density at radius 3 is 0.852 bits per heavy atom. The van der Waals surface area contributed by atoms with E-state index < -0.39 is 402 Å². The minimum absolute atomic E-state index is 0.812. The molecule has 10 saturated heterocycles. The predicted molar refractivity (Wildman–Crippen MR) is 398 cm³/mol. The van der Waals surface area contributed by atoms with Gasteiger partial charge in [0.15, 0.2) is 62.9 Å². The van der Waals surface area contributed by atoms with Crippen molar-refractivity contribution in [1.82, 2.24) is 31.9 Å². The highest BCUT2D eigenvalue weighted by Gasteiger charge is 2.62. The van der Waals surface area contributed by atoms with Crippen molar-refractivity contribution in [2.24, 2.45) is 0 Å². The molecule has 128 heavy (non-hydrogen) atoms. The molecule has 0 bridgehead atoms. The van der Waals surface area contributed by atoms with Crippen molar-refractivity contribution < 1.29 is 246 Å². The minimum atomic E-state index is -2.64. The van der Waals surface area contributed by atoms with Crippen LogP contribution in [0.5, 0.6) is 0 Å². The first-order chi connectivity index (χ1) is 60.5. The summed E-state index contributed by atoms with van der Waals surface area (Å²) in [6, 6.07) is -11.1. The van der Waals surface area contributed by atoms with Crippen LogP contribution in [0.15, 0.2) is 0 Å². The number of aliphatic hydroxyl groups excluding tert-OH is 25. The third kappa shape index (κ3) is 23.8. The van der Waals surface area contributed by atoms with Gasteiger partial charge in [0.25, 0.3) is 0 Å². The van der Waals surface area contributed by atoms with Crippen LogP contribution in [0.3, 0.4) is 0 Å². The Balaban J connectivity index is 0.993. The Kier molecular flexibility index (Phi) is 37.8. The summed E-state index contributed by atoms with van der Waals surface area (Å²) in [5.41, 5.74) is 0. The number of hydrogen-bond acceptors (Lipinski definition) is 50. The van der Waals surface area contributed by atoms with Crippen LogP contribution in [0, 0.1) is 0 Å². The van der Waals surface area contributed by atoms with Crippen LogP contribution < -0.4 is 31.9 Å². The summed E-state index contributed by atoms with van der Waals surface area (Å²) in [5, 5.41) is 297. The molecule has 10 heterocycles. The first-order valence-corrected chi connectivity index (χ1v) is 41.0. The lowest BCUT2D eigenvalue weighted by Crippen LogP contribution is -2.71. The molecule has 0 saturated carbocycles. The molecule has 0 aromatic heterocycles. The number of aliphatic hydroxyl groups is 25. The third-order valence-corrected chi connectivity index (χ3v) is 23.2. The molecule has 10 aliphatic rings. The van der Waals surface area contributed by atoms with Gasteiger partial charge < -0.3 is 250 Å². The Morgan fingerprint density at radius 2 is 0.484 bits per heavy atom.